The zero-order chi connectivity index (χ0) is 6.69. The first-order chi connectivity index (χ1) is 4.29. The Morgan fingerprint density at radius 2 is 2.44 bits per heavy atom. The minimum atomic E-state index is 0.128. The summed E-state index contributed by atoms with van der Waals surface area (Å²) in [6, 6.07) is 0. The first kappa shape index (κ1) is 6.27. The minimum absolute atomic E-state index is 0.128. The number of hydrogen-bond donors (Lipinski definition) is 0. The number of allylic oxidation sites excluding steroid dienone is 4. The average Bonchev–Trinajstić information content (AvgIpc) is 1.60. The quantitative estimate of drug-likeness (QED) is 0.511. The van der Waals surface area contributed by atoms with Crippen LogP contribution < -0.4 is 0 Å². The molecule has 0 aromatic carbocycles. The lowest BCUT2D eigenvalue weighted by Crippen LogP contribution is -1.90. The molecule has 0 amide bonds. The maximum Gasteiger partial charge on any atom is 0.152 e. The van der Waals surface area contributed by atoms with Gasteiger partial charge in [0.05, 0.1) is 0 Å². The minimum Gasteiger partial charge on any atom is -0.295 e. The van der Waals surface area contributed by atoms with Gasteiger partial charge in [-0.2, -0.15) is 0 Å². The molecule has 0 spiro atoms. The molecule has 0 atom stereocenters. The van der Waals surface area contributed by atoms with Crippen LogP contribution in [0, 0.1) is 0 Å². The molecule has 0 bridgehead atoms. The van der Waals surface area contributed by atoms with Gasteiger partial charge in [0.2, 0.25) is 0 Å². The smallest absolute Gasteiger partial charge is 0.152 e. The molecule has 1 aliphatic rings. The fourth-order valence-electron chi connectivity index (χ4n) is 0.687. The van der Waals surface area contributed by atoms with E-state index in [0.717, 1.165) is 6.42 Å². The second-order valence-electron chi connectivity index (χ2n) is 2.26. The number of ketones is 1. The molecule has 1 nitrogen and oxygen atoms in total. The van der Waals surface area contributed by atoms with Gasteiger partial charge in [0.25, 0.3) is 0 Å². The Labute approximate surface area is 55.1 Å². The van der Waals surface area contributed by atoms with E-state index in [9.17, 15) is 4.79 Å². The van der Waals surface area contributed by atoms with Crippen molar-refractivity contribution in [3.05, 3.63) is 23.8 Å². The Bertz CT molecular complexity index is 175. The van der Waals surface area contributed by atoms with E-state index in [0.29, 0.717) is 0 Å². The Morgan fingerprint density at radius 3 is 2.78 bits per heavy atom. The van der Waals surface area contributed by atoms with Crippen molar-refractivity contribution in [2.45, 2.75) is 19.8 Å². The summed E-state index contributed by atoms with van der Waals surface area (Å²) in [7, 11) is 0. The van der Waals surface area contributed by atoms with E-state index in [2.05, 4.69) is 6.08 Å². The molecule has 1 heteroatoms. The van der Waals surface area contributed by atoms with Crippen molar-refractivity contribution in [3.63, 3.8) is 0 Å². The van der Waals surface area contributed by atoms with Gasteiger partial charge in [0.1, 0.15) is 0 Å². The molecule has 48 valence electrons. The molecule has 0 unspecified atom stereocenters. The number of hydrogen-bond acceptors (Lipinski definition) is 1. The first-order valence-corrected chi connectivity index (χ1v) is 3.17. The van der Waals surface area contributed by atoms with Crippen molar-refractivity contribution < 1.29 is 4.79 Å². The summed E-state index contributed by atoms with van der Waals surface area (Å²) in [5.74, 6) is 0.128. The van der Waals surface area contributed by atoms with E-state index in [4.69, 9.17) is 0 Å². The fraction of sp³-hybridized carbons (Fsp3) is 0.375. The fourth-order valence-corrected chi connectivity index (χ4v) is 0.687. The number of rotatable bonds is 2. The van der Waals surface area contributed by atoms with Gasteiger partial charge in [-0.15, -0.1) is 0 Å². The third-order valence-electron chi connectivity index (χ3n) is 1.37. The van der Waals surface area contributed by atoms with E-state index in [1.807, 2.05) is 6.08 Å². The van der Waals surface area contributed by atoms with Crippen LogP contribution in [-0.2, 0) is 4.79 Å². The molecular weight excluding hydrogens is 112 g/mol. The zero-order valence-electron chi connectivity index (χ0n) is 5.55. The topological polar surface area (TPSA) is 17.1 Å². The van der Waals surface area contributed by atoms with Gasteiger partial charge in [-0.1, -0.05) is 17.7 Å². The van der Waals surface area contributed by atoms with Crippen LogP contribution in [0.15, 0.2) is 23.8 Å². The molecular formula is C8H10O. The molecule has 0 saturated heterocycles. The molecule has 9 heavy (non-hydrogen) atoms. The van der Waals surface area contributed by atoms with Crippen LogP contribution in [-0.4, -0.2) is 5.78 Å². The summed E-state index contributed by atoms with van der Waals surface area (Å²) >= 11 is 0. The van der Waals surface area contributed by atoms with Crippen LogP contribution >= 0.6 is 0 Å². The predicted octanol–water partition coefficient (Wildman–Crippen LogP) is 1.85. The van der Waals surface area contributed by atoms with Crippen LogP contribution in [0.2, 0.25) is 0 Å². The summed E-state index contributed by atoms with van der Waals surface area (Å²) in [6.07, 6.45) is 7.97. The van der Waals surface area contributed by atoms with Gasteiger partial charge in [0, 0.05) is 0 Å². The van der Waals surface area contributed by atoms with Crippen LogP contribution in [0.25, 0.3) is 0 Å². The molecule has 0 N–H and O–H groups in total. The summed E-state index contributed by atoms with van der Waals surface area (Å²) < 4.78 is 0. The molecule has 0 aromatic heterocycles. The highest BCUT2D eigenvalue weighted by Crippen LogP contribution is 2.18. The maximum atomic E-state index is 10.4. The Morgan fingerprint density at radius 1 is 1.78 bits per heavy atom. The third-order valence-corrected chi connectivity index (χ3v) is 1.37. The van der Waals surface area contributed by atoms with E-state index < -0.39 is 0 Å². The average molecular weight is 122 g/mol. The van der Waals surface area contributed by atoms with Crippen LogP contribution in [0.1, 0.15) is 19.8 Å². The van der Waals surface area contributed by atoms with Crippen molar-refractivity contribution in [2.24, 2.45) is 0 Å². The highest BCUT2D eigenvalue weighted by Gasteiger charge is 1.99. The van der Waals surface area contributed by atoms with Crippen molar-refractivity contribution in [1.29, 1.82) is 0 Å². The molecule has 0 aliphatic heterocycles. The lowest BCUT2D eigenvalue weighted by Gasteiger charge is -2.07. The molecule has 0 saturated carbocycles. The number of carbonyl (C=O) groups is 1. The molecule has 1 rings (SSSR count). The van der Waals surface area contributed by atoms with Gasteiger partial charge in [0.15, 0.2) is 5.78 Å². The van der Waals surface area contributed by atoms with Gasteiger partial charge < -0.3 is 0 Å². The van der Waals surface area contributed by atoms with Crippen molar-refractivity contribution in [1.82, 2.24) is 0 Å². The van der Waals surface area contributed by atoms with E-state index in [-0.39, 0.29) is 5.78 Å². The normalized spacial score (nSPS) is 17.2. The third kappa shape index (κ3) is 1.84. The lowest BCUT2D eigenvalue weighted by molar-refractivity contribution is -0.112. The number of carbonyl (C=O) groups excluding carboxylic acids is 1. The summed E-state index contributed by atoms with van der Waals surface area (Å²) in [5, 5.41) is 0. The van der Waals surface area contributed by atoms with Crippen LogP contribution in [0.3, 0.4) is 0 Å². The second kappa shape index (κ2) is 2.62. The van der Waals surface area contributed by atoms with Gasteiger partial charge in [-0.3, -0.25) is 4.79 Å². The van der Waals surface area contributed by atoms with E-state index >= 15 is 0 Å². The second-order valence-corrected chi connectivity index (χ2v) is 2.26. The molecule has 0 heterocycles. The Balaban J connectivity index is 2.40. The van der Waals surface area contributed by atoms with E-state index in [1.54, 1.807) is 13.0 Å². The summed E-state index contributed by atoms with van der Waals surface area (Å²) in [5.41, 5.74) is 1.30. The summed E-state index contributed by atoms with van der Waals surface area (Å²) in [6.45, 7) is 1.57. The predicted molar refractivity (Wildman–Crippen MR) is 37.1 cm³/mol. The Hall–Kier alpha value is -0.850. The van der Waals surface area contributed by atoms with Crippen molar-refractivity contribution >= 4 is 5.78 Å². The van der Waals surface area contributed by atoms with Crippen LogP contribution in [0.5, 0.6) is 0 Å². The highest BCUT2D eigenvalue weighted by atomic mass is 16.1. The largest absolute Gasteiger partial charge is 0.295 e. The zero-order valence-corrected chi connectivity index (χ0v) is 5.55. The SMILES string of the molecule is CC(=O)/C=C/C1=CCC1. The molecule has 0 aromatic rings. The summed E-state index contributed by atoms with van der Waals surface area (Å²) in [4.78, 5) is 10.4. The van der Waals surface area contributed by atoms with Gasteiger partial charge >= 0.3 is 0 Å². The first-order valence-electron chi connectivity index (χ1n) is 3.17. The standard InChI is InChI=1S/C8H10O/c1-7(9)5-6-8-3-2-4-8/h3,5-6H,2,4H2,1H3/b6-5+. The van der Waals surface area contributed by atoms with Crippen molar-refractivity contribution in [3.8, 4) is 0 Å². The highest BCUT2D eigenvalue weighted by molar-refractivity contribution is 5.87. The monoisotopic (exact) mass is 122 g/mol. The maximum absolute atomic E-state index is 10.4. The molecule has 0 radical (unpaired) electrons. The lowest BCUT2D eigenvalue weighted by atomic mass is 9.99. The van der Waals surface area contributed by atoms with Crippen molar-refractivity contribution in [2.75, 3.05) is 0 Å². The van der Waals surface area contributed by atoms with Gasteiger partial charge in [-0.05, 0) is 25.8 Å². The van der Waals surface area contributed by atoms with E-state index in [1.165, 1.54) is 12.0 Å². The van der Waals surface area contributed by atoms with Gasteiger partial charge in [-0.25, -0.2) is 0 Å². The molecule has 0 fully saturated rings. The Kier molecular flexibility index (Phi) is 1.83. The van der Waals surface area contributed by atoms with Crippen LogP contribution in [0.4, 0.5) is 0 Å². The molecule has 1 aliphatic carbocycles.